The van der Waals surface area contributed by atoms with Crippen LogP contribution in [0.1, 0.15) is 62.7 Å². The first-order valence-electron chi connectivity index (χ1n) is 9.10. The maximum absolute atomic E-state index is 13.3. The summed E-state index contributed by atoms with van der Waals surface area (Å²) in [4.78, 5) is 13.4. The molecule has 0 N–H and O–H groups in total. The number of carbonyl (C=O) groups excluding carboxylic acids is 1. The van der Waals surface area contributed by atoms with Crippen LogP contribution in [0.2, 0.25) is 0 Å². The SMILES string of the molecule is Cc1ccc(C(c2ccccc2C(=O)c2cnoc2C2CC2)=S(=O)=O)c(C)c1. The monoisotopic (exact) mass is 393 g/mol. The van der Waals surface area contributed by atoms with Crippen LogP contribution in [0.5, 0.6) is 0 Å². The highest BCUT2D eigenvalue weighted by molar-refractivity contribution is 7.74. The molecular weight excluding hydrogens is 374 g/mol. The van der Waals surface area contributed by atoms with Gasteiger partial charge in [-0.15, -0.1) is 0 Å². The van der Waals surface area contributed by atoms with Gasteiger partial charge in [-0.3, -0.25) is 4.79 Å². The first kappa shape index (κ1) is 18.4. The fraction of sp³-hybridized carbons (Fsp3) is 0.227. The molecule has 0 amide bonds. The van der Waals surface area contributed by atoms with Crippen LogP contribution in [0, 0.1) is 13.8 Å². The summed E-state index contributed by atoms with van der Waals surface area (Å²) in [5.74, 6) is 0.549. The van der Waals surface area contributed by atoms with Gasteiger partial charge >= 0.3 is 0 Å². The largest absolute Gasteiger partial charge is 0.360 e. The Morgan fingerprint density at radius 1 is 1.00 bits per heavy atom. The molecule has 1 aliphatic rings. The van der Waals surface area contributed by atoms with Crippen LogP contribution >= 0.6 is 0 Å². The van der Waals surface area contributed by atoms with E-state index in [1.165, 1.54) is 6.20 Å². The Labute approximate surface area is 164 Å². The van der Waals surface area contributed by atoms with E-state index in [1.54, 1.807) is 30.3 Å². The molecule has 6 heteroatoms. The second-order valence-corrected chi connectivity index (χ2v) is 8.01. The summed E-state index contributed by atoms with van der Waals surface area (Å²) in [5.41, 5.74) is 3.59. The van der Waals surface area contributed by atoms with E-state index in [0.29, 0.717) is 28.0 Å². The highest BCUT2D eigenvalue weighted by Crippen LogP contribution is 2.42. The minimum atomic E-state index is -2.52. The van der Waals surface area contributed by atoms with Crippen molar-refractivity contribution in [3.63, 3.8) is 0 Å². The molecule has 0 unspecified atom stereocenters. The van der Waals surface area contributed by atoms with Crippen LogP contribution in [0.15, 0.2) is 53.2 Å². The molecule has 5 nitrogen and oxygen atoms in total. The minimum Gasteiger partial charge on any atom is -0.360 e. The molecule has 0 radical (unpaired) electrons. The number of rotatable bonds is 5. The molecule has 1 aliphatic carbocycles. The van der Waals surface area contributed by atoms with Crippen molar-refractivity contribution in [3.05, 3.63) is 87.8 Å². The summed E-state index contributed by atoms with van der Waals surface area (Å²) < 4.78 is 29.7. The van der Waals surface area contributed by atoms with Gasteiger partial charge in [0.2, 0.25) is 10.3 Å². The molecule has 3 aromatic rings. The van der Waals surface area contributed by atoms with Gasteiger partial charge in [-0.05, 0) is 32.3 Å². The highest BCUT2D eigenvalue weighted by Gasteiger charge is 2.33. The van der Waals surface area contributed by atoms with Crippen molar-refractivity contribution in [2.45, 2.75) is 32.6 Å². The Hall–Kier alpha value is -2.99. The zero-order chi connectivity index (χ0) is 19.8. The Morgan fingerprint density at radius 2 is 1.71 bits per heavy atom. The van der Waals surface area contributed by atoms with Gasteiger partial charge in [0.05, 0.1) is 11.8 Å². The number of aromatic nitrogens is 1. The van der Waals surface area contributed by atoms with Gasteiger partial charge in [0.1, 0.15) is 4.86 Å². The summed E-state index contributed by atoms with van der Waals surface area (Å²) in [6, 6.07) is 12.4. The Kier molecular flexibility index (Phi) is 4.73. The first-order valence-corrected chi connectivity index (χ1v) is 10.2. The molecule has 1 heterocycles. The van der Waals surface area contributed by atoms with Crippen molar-refractivity contribution in [3.8, 4) is 0 Å². The van der Waals surface area contributed by atoms with Gasteiger partial charge in [-0.25, -0.2) is 0 Å². The van der Waals surface area contributed by atoms with E-state index >= 15 is 0 Å². The predicted octanol–water partition coefficient (Wildman–Crippen LogP) is 3.85. The van der Waals surface area contributed by atoms with E-state index in [0.717, 1.165) is 24.0 Å². The number of aryl methyl sites for hydroxylation is 2. The van der Waals surface area contributed by atoms with Crippen LogP contribution in [0.3, 0.4) is 0 Å². The van der Waals surface area contributed by atoms with E-state index < -0.39 is 10.3 Å². The van der Waals surface area contributed by atoms with Gasteiger partial charge in [0.25, 0.3) is 0 Å². The van der Waals surface area contributed by atoms with E-state index in [9.17, 15) is 13.2 Å². The third-order valence-corrected chi connectivity index (χ3v) is 5.77. The van der Waals surface area contributed by atoms with E-state index in [2.05, 4.69) is 5.16 Å². The molecule has 142 valence electrons. The van der Waals surface area contributed by atoms with Crippen LogP contribution < -0.4 is 0 Å². The van der Waals surface area contributed by atoms with Gasteiger partial charge < -0.3 is 4.52 Å². The van der Waals surface area contributed by atoms with Gasteiger partial charge in [-0.1, -0.05) is 53.2 Å². The molecule has 1 aromatic heterocycles. The van der Waals surface area contributed by atoms with Crippen molar-refractivity contribution in [2.24, 2.45) is 0 Å². The number of benzene rings is 2. The lowest BCUT2D eigenvalue weighted by Crippen LogP contribution is -2.14. The Balaban J connectivity index is 1.88. The molecule has 2 aromatic carbocycles. The Morgan fingerprint density at radius 3 is 2.36 bits per heavy atom. The summed E-state index contributed by atoms with van der Waals surface area (Å²) in [6.07, 6.45) is 3.38. The lowest BCUT2D eigenvalue weighted by Gasteiger charge is -2.12. The average molecular weight is 393 g/mol. The number of hydrogen-bond donors (Lipinski definition) is 0. The number of nitrogens with zero attached hydrogens (tertiary/aromatic N) is 1. The van der Waals surface area contributed by atoms with E-state index in [4.69, 9.17) is 4.52 Å². The second kappa shape index (κ2) is 7.20. The van der Waals surface area contributed by atoms with Crippen LogP contribution in [0.4, 0.5) is 0 Å². The van der Waals surface area contributed by atoms with Crippen LogP contribution in [-0.4, -0.2) is 24.2 Å². The lowest BCUT2D eigenvalue weighted by molar-refractivity contribution is 0.103. The number of hydrogen-bond acceptors (Lipinski definition) is 5. The summed E-state index contributed by atoms with van der Waals surface area (Å²) in [7, 11) is -2.52. The van der Waals surface area contributed by atoms with Crippen LogP contribution in [0.25, 0.3) is 0 Å². The lowest BCUT2D eigenvalue weighted by atomic mass is 9.92. The van der Waals surface area contributed by atoms with Crippen LogP contribution in [-0.2, 0) is 10.3 Å². The first-order chi connectivity index (χ1) is 13.5. The molecule has 0 bridgehead atoms. The zero-order valence-corrected chi connectivity index (χ0v) is 16.4. The molecule has 4 rings (SSSR count). The predicted molar refractivity (Wildman–Crippen MR) is 106 cm³/mol. The smallest absolute Gasteiger partial charge is 0.222 e. The zero-order valence-electron chi connectivity index (χ0n) is 15.6. The third-order valence-electron chi connectivity index (χ3n) is 5.00. The third kappa shape index (κ3) is 3.31. The highest BCUT2D eigenvalue weighted by atomic mass is 32.2. The quantitative estimate of drug-likeness (QED) is 0.486. The molecule has 0 aliphatic heterocycles. The summed E-state index contributed by atoms with van der Waals surface area (Å²) in [5, 5.41) is 3.80. The fourth-order valence-corrected chi connectivity index (χ4v) is 4.24. The molecule has 1 fully saturated rings. The molecule has 0 atom stereocenters. The van der Waals surface area contributed by atoms with Crippen molar-refractivity contribution < 1.29 is 17.7 Å². The van der Waals surface area contributed by atoms with Crippen molar-refractivity contribution in [1.29, 1.82) is 0 Å². The molecule has 0 saturated heterocycles. The van der Waals surface area contributed by atoms with E-state index in [-0.39, 0.29) is 16.6 Å². The second-order valence-electron chi connectivity index (χ2n) is 7.13. The molecule has 1 saturated carbocycles. The molecular formula is C22H19NO4S. The fourth-order valence-electron chi connectivity index (χ4n) is 3.48. The van der Waals surface area contributed by atoms with Crippen molar-refractivity contribution >= 4 is 20.9 Å². The number of carbonyl (C=O) groups is 1. The average Bonchev–Trinajstić information content (AvgIpc) is 3.40. The van der Waals surface area contributed by atoms with Crippen molar-refractivity contribution in [2.75, 3.05) is 0 Å². The summed E-state index contributed by atoms with van der Waals surface area (Å²) in [6.45, 7) is 3.82. The maximum atomic E-state index is 13.3. The normalized spacial score (nSPS) is 13.4. The standard InChI is InChI=1S/C22H19NO4S/c1-13-7-10-16(14(2)11-13)22(28(25)26)18-6-4-3-5-17(18)20(24)19-12-23-27-21(19)15-8-9-15/h3-7,10-12,15H,8-9H2,1-2H3. The molecule has 28 heavy (non-hydrogen) atoms. The summed E-state index contributed by atoms with van der Waals surface area (Å²) >= 11 is 0. The van der Waals surface area contributed by atoms with Gasteiger partial charge in [-0.2, -0.15) is 8.42 Å². The van der Waals surface area contributed by atoms with Gasteiger partial charge in [0, 0.05) is 22.6 Å². The molecule has 0 spiro atoms. The Bertz CT molecular complexity index is 1210. The topological polar surface area (TPSA) is 77.2 Å². The maximum Gasteiger partial charge on any atom is 0.222 e. The minimum absolute atomic E-state index is 0.117. The van der Waals surface area contributed by atoms with Gasteiger partial charge in [0.15, 0.2) is 11.5 Å². The number of ketones is 1. The van der Waals surface area contributed by atoms with E-state index in [1.807, 2.05) is 26.0 Å². The van der Waals surface area contributed by atoms with Crippen molar-refractivity contribution in [1.82, 2.24) is 5.16 Å².